The molecule has 22 heavy (non-hydrogen) atoms. The second-order valence-corrected chi connectivity index (χ2v) is 6.87. The largest absolute Gasteiger partial charge is 0.378 e. The number of hydrogen-bond donors (Lipinski definition) is 1. The highest BCUT2D eigenvalue weighted by atomic mass is 35.5. The maximum absolute atomic E-state index is 12.0. The second kappa shape index (κ2) is 5.88. The fourth-order valence-electron chi connectivity index (χ4n) is 3.39. The van der Waals surface area contributed by atoms with Gasteiger partial charge in [-0.15, -0.1) is 0 Å². The highest BCUT2D eigenvalue weighted by Gasteiger charge is 2.30. The minimum Gasteiger partial charge on any atom is -0.378 e. The third-order valence-corrected chi connectivity index (χ3v) is 5.33. The van der Waals surface area contributed by atoms with E-state index in [4.69, 9.17) is 11.6 Å². The van der Waals surface area contributed by atoms with Gasteiger partial charge < -0.3 is 5.32 Å². The van der Waals surface area contributed by atoms with E-state index in [1.165, 1.54) is 6.42 Å². The molecule has 0 radical (unpaired) electrons. The lowest BCUT2D eigenvalue weighted by Crippen LogP contribution is -2.42. The van der Waals surface area contributed by atoms with Crippen LogP contribution in [-0.4, -0.2) is 6.04 Å². The minimum atomic E-state index is -0.402. The molecule has 0 spiro atoms. The van der Waals surface area contributed by atoms with Crippen molar-refractivity contribution in [1.82, 2.24) is 0 Å². The lowest BCUT2D eigenvalue weighted by Gasteiger charge is -2.35. The molecule has 1 N–H and O–H groups in total. The molecule has 4 heteroatoms. The Labute approximate surface area is 135 Å². The summed E-state index contributed by atoms with van der Waals surface area (Å²) in [7, 11) is 0. The van der Waals surface area contributed by atoms with Crippen LogP contribution in [0.1, 0.15) is 33.1 Å². The van der Waals surface area contributed by atoms with Crippen LogP contribution in [0.25, 0.3) is 11.1 Å². The van der Waals surface area contributed by atoms with Gasteiger partial charge in [0, 0.05) is 11.1 Å². The van der Waals surface area contributed by atoms with Gasteiger partial charge in [-0.05, 0) is 36.0 Å². The normalized spacial score (nSPS) is 25.3. The molecule has 0 amide bonds. The van der Waals surface area contributed by atoms with Crippen molar-refractivity contribution in [3.63, 3.8) is 0 Å². The Bertz CT molecular complexity index is 743. The monoisotopic (exact) mass is 317 g/mol. The predicted octanol–water partition coefficient (Wildman–Crippen LogP) is 3.84. The Morgan fingerprint density at radius 1 is 1.05 bits per heavy atom. The zero-order valence-corrected chi connectivity index (χ0v) is 13.6. The van der Waals surface area contributed by atoms with Crippen LogP contribution in [0.5, 0.6) is 0 Å². The van der Waals surface area contributed by atoms with E-state index in [9.17, 15) is 9.59 Å². The maximum atomic E-state index is 12.0. The third kappa shape index (κ3) is 2.58. The zero-order valence-electron chi connectivity index (χ0n) is 12.9. The van der Waals surface area contributed by atoms with Gasteiger partial charge in [-0.25, -0.2) is 0 Å². The molecule has 3 nitrogen and oxygen atoms in total. The average Bonchev–Trinajstić information content (AvgIpc) is 2.52. The van der Waals surface area contributed by atoms with Gasteiger partial charge in [0.15, 0.2) is 0 Å². The van der Waals surface area contributed by atoms with Gasteiger partial charge in [0.1, 0.15) is 0 Å². The summed E-state index contributed by atoms with van der Waals surface area (Å²) in [5, 5.41) is 3.97. The first-order chi connectivity index (χ1) is 10.5. The van der Waals surface area contributed by atoms with Gasteiger partial charge in [-0.1, -0.05) is 50.4 Å². The highest BCUT2D eigenvalue weighted by Crippen LogP contribution is 2.33. The van der Waals surface area contributed by atoms with Crippen LogP contribution in [0.4, 0.5) is 5.69 Å². The number of halogens is 1. The summed E-state index contributed by atoms with van der Waals surface area (Å²) >= 11 is 5.89. The van der Waals surface area contributed by atoms with Crippen molar-refractivity contribution >= 4 is 17.3 Å². The van der Waals surface area contributed by atoms with Crippen molar-refractivity contribution in [3.05, 3.63) is 49.7 Å². The smallest absolute Gasteiger partial charge is 0.250 e. The highest BCUT2D eigenvalue weighted by molar-refractivity contribution is 6.30. The van der Waals surface area contributed by atoms with Crippen molar-refractivity contribution in [3.8, 4) is 11.1 Å². The molecule has 1 fully saturated rings. The molecule has 0 unspecified atom stereocenters. The van der Waals surface area contributed by atoms with Gasteiger partial charge in [-0.2, -0.15) is 0 Å². The van der Waals surface area contributed by atoms with Crippen molar-refractivity contribution in [2.24, 2.45) is 11.8 Å². The molecule has 3 atom stereocenters. The molecule has 1 saturated carbocycles. The van der Waals surface area contributed by atoms with Gasteiger partial charge in [-0.3, -0.25) is 9.59 Å². The fraction of sp³-hybridized carbons (Fsp3) is 0.444. The molecule has 0 saturated heterocycles. The summed E-state index contributed by atoms with van der Waals surface area (Å²) in [4.78, 5) is 23.9. The van der Waals surface area contributed by atoms with Crippen molar-refractivity contribution in [2.45, 2.75) is 39.2 Å². The molecular formula is C18H20ClNO2. The van der Waals surface area contributed by atoms with Gasteiger partial charge in [0.25, 0.3) is 0 Å². The number of hydrogen-bond acceptors (Lipinski definition) is 3. The van der Waals surface area contributed by atoms with E-state index in [1.807, 2.05) is 0 Å². The van der Waals surface area contributed by atoms with Gasteiger partial charge in [0.05, 0.1) is 11.3 Å². The second-order valence-electron chi connectivity index (χ2n) is 6.43. The van der Waals surface area contributed by atoms with Crippen LogP contribution in [0.15, 0.2) is 33.9 Å². The summed E-state index contributed by atoms with van der Waals surface area (Å²) in [5.74, 6) is 1.13. The molecule has 1 aliphatic rings. The van der Waals surface area contributed by atoms with Crippen molar-refractivity contribution in [2.75, 3.05) is 5.32 Å². The zero-order chi connectivity index (χ0) is 15.9. The maximum Gasteiger partial charge on any atom is 0.250 e. The van der Waals surface area contributed by atoms with Crippen molar-refractivity contribution in [1.29, 1.82) is 0 Å². The van der Waals surface area contributed by atoms with Crippen LogP contribution in [0.3, 0.4) is 0 Å². The fourth-order valence-corrected chi connectivity index (χ4v) is 3.52. The number of anilines is 1. The Balaban J connectivity index is 1.89. The third-order valence-electron chi connectivity index (χ3n) is 5.08. The van der Waals surface area contributed by atoms with Crippen LogP contribution in [0.2, 0.25) is 5.02 Å². The Hall–Kier alpha value is -1.61. The molecule has 3 rings (SSSR count). The minimum absolute atomic E-state index is 0.262. The van der Waals surface area contributed by atoms with Crippen LogP contribution >= 0.6 is 11.6 Å². The molecule has 2 aromatic rings. The first-order valence-electron chi connectivity index (χ1n) is 7.85. The topological polar surface area (TPSA) is 46.2 Å². The molecule has 0 bridgehead atoms. The summed E-state index contributed by atoms with van der Waals surface area (Å²) in [5.41, 5.74) is 0.954. The standard InChI is InChI=1S/C18H20ClNO2/c1-10-4-3-5-14(11(10)2)20-16-15(17(21)18(16)22)12-6-8-13(19)9-7-12/h6-11,14,20H,3-5H2,1-2H3/t10-,11+,14+/m1/s1. The molecule has 0 aromatic heterocycles. The van der Waals surface area contributed by atoms with Crippen LogP contribution in [-0.2, 0) is 0 Å². The van der Waals surface area contributed by atoms with E-state index in [0.717, 1.165) is 18.4 Å². The summed E-state index contributed by atoms with van der Waals surface area (Å²) in [6.07, 6.45) is 3.44. The quantitative estimate of drug-likeness (QED) is 0.875. The van der Waals surface area contributed by atoms with E-state index < -0.39 is 10.9 Å². The first-order valence-corrected chi connectivity index (χ1v) is 8.22. The first kappa shape index (κ1) is 15.3. The lowest BCUT2D eigenvalue weighted by molar-refractivity contribution is 0.253. The van der Waals surface area contributed by atoms with Crippen molar-refractivity contribution < 1.29 is 0 Å². The SMILES string of the molecule is C[C@H]1[C@H](C)CCC[C@@H]1Nc1c(-c2ccc(Cl)cc2)c(=O)c1=O. The Morgan fingerprint density at radius 2 is 1.73 bits per heavy atom. The lowest BCUT2D eigenvalue weighted by atomic mass is 9.77. The summed E-state index contributed by atoms with van der Waals surface area (Å²) in [6.45, 7) is 4.47. The number of rotatable bonds is 3. The molecule has 1 aliphatic carbocycles. The molecule has 0 heterocycles. The van der Waals surface area contributed by atoms with Gasteiger partial charge >= 0.3 is 0 Å². The van der Waals surface area contributed by atoms with E-state index in [2.05, 4.69) is 19.2 Å². The van der Waals surface area contributed by atoms with Gasteiger partial charge in [0.2, 0.25) is 10.9 Å². The summed E-state index contributed by atoms with van der Waals surface area (Å²) < 4.78 is 0. The summed E-state index contributed by atoms with van der Waals surface area (Å²) in [6, 6.07) is 7.32. The average molecular weight is 318 g/mol. The van der Waals surface area contributed by atoms with Crippen LogP contribution < -0.4 is 16.2 Å². The van der Waals surface area contributed by atoms with E-state index in [0.29, 0.717) is 28.1 Å². The van der Waals surface area contributed by atoms with E-state index in [-0.39, 0.29) is 6.04 Å². The molecule has 0 aliphatic heterocycles. The predicted molar refractivity (Wildman–Crippen MR) is 91.4 cm³/mol. The molecule has 2 aromatic carbocycles. The Kier molecular flexibility index (Phi) is 4.09. The number of benzene rings is 1. The van der Waals surface area contributed by atoms with E-state index >= 15 is 0 Å². The van der Waals surface area contributed by atoms with Crippen LogP contribution in [0, 0.1) is 11.8 Å². The Morgan fingerprint density at radius 3 is 2.41 bits per heavy atom. The number of nitrogens with one attached hydrogen (secondary N) is 1. The molecule has 116 valence electrons. The molecular weight excluding hydrogens is 298 g/mol. The van der Waals surface area contributed by atoms with E-state index in [1.54, 1.807) is 24.3 Å².